The molecule has 0 atom stereocenters. The molecule has 1 aliphatic heterocycles. The third-order valence-electron chi connectivity index (χ3n) is 3.50. The average molecular weight is 198 g/mol. The highest BCUT2D eigenvalue weighted by molar-refractivity contribution is 4.92. The van der Waals surface area contributed by atoms with Gasteiger partial charge in [-0.2, -0.15) is 0 Å². The van der Waals surface area contributed by atoms with Gasteiger partial charge in [-0.3, -0.25) is 4.90 Å². The van der Waals surface area contributed by atoms with E-state index in [1.54, 1.807) is 0 Å². The Labute approximate surface area is 86.5 Å². The average Bonchev–Trinajstić information content (AvgIpc) is 2.99. The minimum Gasteiger partial charge on any atom is -0.388 e. The molecule has 3 nitrogen and oxygen atoms in total. The number of hydrogen-bond donors (Lipinski definition) is 2. The molecule has 2 aliphatic rings. The molecule has 0 bridgehead atoms. The highest BCUT2D eigenvalue weighted by Crippen LogP contribution is 2.29. The van der Waals surface area contributed by atoms with Gasteiger partial charge in [0, 0.05) is 12.6 Å². The van der Waals surface area contributed by atoms with Crippen molar-refractivity contribution in [3.63, 3.8) is 0 Å². The van der Waals surface area contributed by atoms with E-state index in [0.717, 1.165) is 45.1 Å². The van der Waals surface area contributed by atoms with Crippen molar-refractivity contribution in [1.29, 1.82) is 0 Å². The van der Waals surface area contributed by atoms with Crippen molar-refractivity contribution in [3.05, 3.63) is 0 Å². The van der Waals surface area contributed by atoms with Crippen LogP contribution in [0.5, 0.6) is 0 Å². The van der Waals surface area contributed by atoms with E-state index in [9.17, 15) is 5.11 Å². The Morgan fingerprint density at radius 2 is 2.00 bits per heavy atom. The molecule has 0 aromatic rings. The highest BCUT2D eigenvalue weighted by atomic mass is 16.3. The summed E-state index contributed by atoms with van der Waals surface area (Å²) in [5, 5.41) is 13.7. The molecule has 0 aromatic heterocycles. The molecule has 2 fully saturated rings. The first-order valence-electron chi connectivity index (χ1n) is 5.91. The van der Waals surface area contributed by atoms with Crippen molar-refractivity contribution in [2.75, 3.05) is 26.2 Å². The molecule has 2 N–H and O–H groups in total. The van der Waals surface area contributed by atoms with Crippen molar-refractivity contribution >= 4 is 0 Å². The first kappa shape index (κ1) is 10.4. The molecular weight excluding hydrogens is 176 g/mol. The van der Waals surface area contributed by atoms with Gasteiger partial charge < -0.3 is 10.4 Å². The number of rotatable bonds is 4. The summed E-state index contributed by atoms with van der Waals surface area (Å²) in [5.41, 5.74) is -0.413. The number of hydrogen-bond acceptors (Lipinski definition) is 3. The third-order valence-corrected chi connectivity index (χ3v) is 3.50. The summed E-state index contributed by atoms with van der Waals surface area (Å²) in [6.07, 6.45) is 4.50. The van der Waals surface area contributed by atoms with E-state index < -0.39 is 5.60 Å². The molecule has 1 heterocycles. The Balaban J connectivity index is 1.86. The highest BCUT2D eigenvalue weighted by Gasteiger charge is 2.36. The Kier molecular flexibility index (Phi) is 3.10. The smallest absolute Gasteiger partial charge is 0.0798 e. The molecule has 0 spiro atoms. The molecule has 0 aromatic carbocycles. The molecule has 0 radical (unpaired) electrons. The lowest BCUT2D eigenvalue weighted by molar-refractivity contribution is -0.0217. The second-order valence-electron chi connectivity index (χ2n) is 4.77. The summed E-state index contributed by atoms with van der Waals surface area (Å²) in [5.74, 6) is 0. The first-order valence-corrected chi connectivity index (χ1v) is 5.91. The van der Waals surface area contributed by atoms with Crippen LogP contribution in [-0.4, -0.2) is 47.8 Å². The number of piperidine rings is 1. The minimum atomic E-state index is -0.413. The Hall–Kier alpha value is -0.120. The molecule has 1 saturated carbocycles. The monoisotopic (exact) mass is 198 g/mol. The second-order valence-corrected chi connectivity index (χ2v) is 4.77. The second kappa shape index (κ2) is 4.17. The molecule has 0 unspecified atom stereocenters. The van der Waals surface area contributed by atoms with Gasteiger partial charge in [-0.15, -0.1) is 0 Å². The Morgan fingerprint density at radius 3 is 2.50 bits per heavy atom. The van der Waals surface area contributed by atoms with Gasteiger partial charge in [-0.05, 0) is 45.3 Å². The lowest BCUT2D eigenvalue weighted by Gasteiger charge is -2.37. The fraction of sp³-hybridized carbons (Fsp3) is 1.00. The first-order chi connectivity index (χ1) is 6.73. The van der Waals surface area contributed by atoms with Crippen LogP contribution >= 0.6 is 0 Å². The van der Waals surface area contributed by atoms with Crippen LogP contribution in [0, 0.1) is 0 Å². The van der Waals surface area contributed by atoms with E-state index >= 15 is 0 Å². The fourth-order valence-corrected chi connectivity index (χ4v) is 2.37. The summed E-state index contributed by atoms with van der Waals surface area (Å²) in [7, 11) is 0. The molecule has 2 rings (SSSR count). The predicted octanol–water partition coefficient (Wildman–Crippen LogP) is 0.585. The van der Waals surface area contributed by atoms with Crippen molar-refractivity contribution in [2.24, 2.45) is 0 Å². The number of nitrogens with zero attached hydrogens (tertiary/aromatic N) is 1. The summed E-state index contributed by atoms with van der Waals surface area (Å²) < 4.78 is 0. The summed E-state index contributed by atoms with van der Waals surface area (Å²) >= 11 is 0. The lowest BCUT2D eigenvalue weighted by Crippen LogP contribution is -2.50. The van der Waals surface area contributed by atoms with Crippen LogP contribution in [0.2, 0.25) is 0 Å². The zero-order valence-corrected chi connectivity index (χ0v) is 9.13. The van der Waals surface area contributed by atoms with Gasteiger partial charge in [0.25, 0.3) is 0 Å². The largest absolute Gasteiger partial charge is 0.388 e. The topological polar surface area (TPSA) is 35.5 Å². The zero-order chi connectivity index (χ0) is 10.0. The van der Waals surface area contributed by atoms with Gasteiger partial charge in [0.15, 0.2) is 0 Å². The summed E-state index contributed by atoms with van der Waals surface area (Å²) in [6, 6.07) is 0.777. The number of likely N-dealkylation sites (N-methyl/N-ethyl adjacent to an activating group) is 1. The van der Waals surface area contributed by atoms with Gasteiger partial charge in [-0.25, -0.2) is 0 Å². The van der Waals surface area contributed by atoms with Gasteiger partial charge in [0.1, 0.15) is 0 Å². The van der Waals surface area contributed by atoms with E-state index in [1.165, 1.54) is 12.8 Å². The van der Waals surface area contributed by atoms with Crippen molar-refractivity contribution in [2.45, 2.75) is 44.2 Å². The normalized spacial score (nSPS) is 26.8. The SMILES string of the molecule is CCN(CC1(O)CCNCC1)C1CC1. The van der Waals surface area contributed by atoms with E-state index in [4.69, 9.17) is 0 Å². The fourth-order valence-electron chi connectivity index (χ4n) is 2.37. The molecular formula is C11H22N2O. The van der Waals surface area contributed by atoms with Crippen LogP contribution in [-0.2, 0) is 0 Å². The number of nitrogens with one attached hydrogen (secondary N) is 1. The van der Waals surface area contributed by atoms with E-state index in [2.05, 4.69) is 17.1 Å². The standard InChI is InChI=1S/C11H22N2O/c1-2-13(10-3-4-10)9-11(14)5-7-12-8-6-11/h10,12,14H,2-9H2,1H3. The maximum absolute atomic E-state index is 10.4. The third kappa shape index (κ3) is 2.47. The van der Waals surface area contributed by atoms with E-state index in [0.29, 0.717) is 0 Å². The van der Waals surface area contributed by atoms with Gasteiger partial charge in [0.05, 0.1) is 5.60 Å². The maximum Gasteiger partial charge on any atom is 0.0798 e. The Bertz CT molecular complexity index is 186. The molecule has 1 saturated heterocycles. The molecule has 14 heavy (non-hydrogen) atoms. The van der Waals surface area contributed by atoms with Gasteiger partial charge in [0.2, 0.25) is 0 Å². The molecule has 1 aliphatic carbocycles. The molecule has 3 heteroatoms. The van der Waals surface area contributed by atoms with Crippen LogP contribution in [0.1, 0.15) is 32.6 Å². The lowest BCUT2D eigenvalue weighted by atomic mass is 9.92. The van der Waals surface area contributed by atoms with E-state index in [1.807, 2.05) is 0 Å². The van der Waals surface area contributed by atoms with Crippen LogP contribution in [0.25, 0.3) is 0 Å². The van der Waals surface area contributed by atoms with Crippen LogP contribution in [0.3, 0.4) is 0 Å². The zero-order valence-electron chi connectivity index (χ0n) is 9.13. The Morgan fingerprint density at radius 1 is 1.36 bits per heavy atom. The molecule has 82 valence electrons. The van der Waals surface area contributed by atoms with Crippen molar-refractivity contribution in [3.8, 4) is 0 Å². The number of aliphatic hydroxyl groups is 1. The minimum absolute atomic E-state index is 0.413. The van der Waals surface area contributed by atoms with Crippen molar-refractivity contribution in [1.82, 2.24) is 10.2 Å². The maximum atomic E-state index is 10.4. The van der Waals surface area contributed by atoms with Crippen LogP contribution < -0.4 is 5.32 Å². The van der Waals surface area contributed by atoms with Gasteiger partial charge >= 0.3 is 0 Å². The van der Waals surface area contributed by atoms with Gasteiger partial charge in [-0.1, -0.05) is 6.92 Å². The predicted molar refractivity (Wildman–Crippen MR) is 57.3 cm³/mol. The van der Waals surface area contributed by atoms with Crippen molar-refractivity contribution < 1.29 is 5.11 Å². The summed E-state index contributed by atoms with van der Waals surface area (Å²) in [6.45, 7) is 6.11. The van der Waals surface area contributed by atoms with Crippen LogP contribution in [0.4, 0.5) is 0 Å². The van der Waals surface area contributed by atoms with Crippen LogP contribution in [0.15, 0.2) is 0 Å². The summed E-state index contributed by atoms with van der Waals surface area (Å²) in [4.78, 5) is 2.45. The quantitative estimate of drug-likeness (QED) is 0.694. The molecule has 0 amide bonds. The van der Waals surface area contributed by atoms with E-state index in [-0.39, 0.29) is 0 Å².